The molecule has 0 unspecified atom stereocenters. The third kappa shape index (κ3) is 3.59. The highest BCUT2D eigenvalue weighted by molar-refractivity contribution is 5.70. The first-order valence-electron chi connectivity index (χ1n) is 2.52. The molecule has 0 aromatic carbocycles. The Kier molecular flexibility index (Phi) is 4.21. The van der Waals surface area contributed by atoms with Gasteiger partial charge in [-0.25, -0.2) is 9.18 Å². The van der Waals surface area contributed by atoms with Gasteiger partial charge in [0.05, 0.1) is 6.61 Å². The largest absolute Gasteiger partial charge is 0.464 e. The smallest absolute Gasteiger partial charge is 0.337 e. The van der Waals surface area contributed by atoms with E-state index in [1.165, 1.54) is 0 Å². The number of carbonyl (C=O) groups is 1. The van der Waals surface area contributed by atoms with E-state index >= 15 is 0 Å². The van der Waals surface area contributed by atoms with Crippen molar-refractivity contribution in [1.82, 2.24) is 0 Å². The summed E-state index contributed by atoms with van der Waals surface area (Å²) < 4.78 is 15.6. The molecule has 0 heterocycles. The minimum absolute atomic E-state index is 0.322. The Labute approximate surface area is 47.6 Å². The number of alkyl halides is 1. The van der Waals surface area contributed by atoms with E-state index in [1.54, 1.807) is 0 Å². The van der Waals surface area contributed by atoms with Crippen LogP contribution in [0.15, 0.2) is 0 Å². The molecule has 0 aliphatic carbocycles. The second kappa shape index (κ2) is 4.56. The van der Waals surface area contributed by atoms with Gasteiger partial charge in [0.15, 0.2) is 6.67 Å². The molecule has 0 aromatic rings. The van der Waals surface area contributed by atoms with Crippen LogP contribution in [0.4, 0.5) is 4.39 Å². The Morgan fingerprint density at radius 2 is 2.38 bits per heavy atom. The highest BCUT2D eigenvalue weighted by Crippen LogP contribution is 1.81. The summed E-state index contributed by atoms with van der Waals surface area (Å²) in [4.78, 5) is 9.97. The molecular formula is C5H9FO2. The second-order valence-corrected chi connectivity index (χ2v) is 1.35. The molecule has 48 valence electrons. The minimum atomic E-state index is -1.01. The van der Waals surface area contributed by atoms with Crippen molar-refractivity contribution >= 4 is 5.97 Å². The van der Waals surface area contributed by atoms with E-state index < -0.39 is 12.6 Å². The van der Waals surface area contributed by atoms with Gasteiger partial charge in [0.2, 0.25) is 0 Å². The first kappa shape index (κ1) is 7.40. The molecule has 0 amide bonds. The van der Waals surface area contributed by atoms with Crippen LogP contribution in [-0.4, -0.2) is 19.3 Å². The van der Waals surface area contributed by atoms with Crippen molar-refractivity contribution in [2.75, 3.05) is 13.3 Å². The monoisotopic (exact) mass is 120 g/mol. The Hall–Kier alpha value is -0.600. The summed E-state index contributed by atoms with van der Waals surface area (Å²) in [5.41, 5.74) is 0. The average Bonchev–Trinajstić information content (AvgIpc) is 1.83. The first-order valence-corrected chi connectivity index (χ1v) is 2.52. The average molecular weight is 120 g/mol. The number of hydrogen-bond acceptors (Lipinski definition) is 2. The maximum atomic E-state index is 11.2. The lowest BCUT2D eigenvalue weighted by Crippen LogP contribution is -2.06. The lowest BCUT2D eigenvalue weighted by atomic mass is 10.5. The van der Waals surface area contributed by atoms with Crippen LogP contribution in [0.2, 0.25) is 0 Å². The van der Waals surface area contributed by atoms with E-state index in [0.29, 0.717) is 6.61 Å². The molecule has 0 N–H and O–H groups in total. The topological polar surface area (TPSA) is 26.3 Å². The van der Waals surface area contributed by atoms with Gasteiger partial charge in [-0.2, -0.15) is 0 Å². The molecule has 0 spiro atoms. The van der Waals surface area contributed by atoms with Gasteiger partial charge in [0.25, 0.3) is 0 Å². The Morgan fingerprint density at radius 3 is 2.75 bits per heavy atom. The summed E-state index contributed by atoms with van der Waals surface area (Å²) in [5, 5.41) is 0. The zero-order valence-electron chi connectivity index (χ0n) is 4.82. The Bertz CT molecular complexity index is 72.8. The molecule has 8 heavy (non-hydrogen) atoms. The summed E-state index contributed by atoms with van der Waals surface area (Å²) in [5.74, 6) is -0.771. The number of halogens is 1. The van der Waals surface area contributed by atoms with Crippen molar-refractivity contribution in [2.45, 2.75) is 13.3 Å². The SMILES string of the molecule is CCCOC(=O)CF. The molecule has 0 atom stereocenters. The van der Waals surface area contributed by atoms with Crippen LogP contribution in [-0.2, 0) is 9.53 Å². The molecule has 0 rings (SSSR count). The molecule has 0 bridgehead atoms. The lowest BCUT2D eigenvalue weighted by molar-refractivity contribution is -0.144. The lowest BCUT2D eigenvalue weighted by Gasteiger charge is -1.95. The van der Waals surface area contributed by atoms with Crippen LogP contribution in [0.1, 0.15) is 13.3 Å². The molecule has 0 saturated heterocycles. The van der Waals surface area contributed by atoms with Gasteiger partial charge < -0.3 is 4.74 Å². The van der Waals surface area contributed by atoms with Crippen LogP contribution in [0, 0.1) is 0 Å². The summed E-state index contributed by atoms with van der Waals surface area (Å²) in [7, 11) is 0. The molecule has 3 heteroatoms. The molecule has 2 nitrogen and oxygen atoms in total. The molecule has 0 saturated carbocycles. The Morgan fingerprint density at radius 1 is 1.75 bits per heavy atom. The number of carbonyl (C=O) groups excluding carboxylic acids is 1. The zero-order chi connectivity index (χ0) is 6.41. The number of ether oxygens (including phenoxy) is 1. The van der Waals surface area contributed by atoms with Crippen molar-refractivity contribution in [1.29, 1.82) is 0 Å². The predicted octanol–water partition coefficient (Wildman–Crippen LogP) is 0.909. The predicted molar refractivity (Wildman–Crippen MR) is 27.2 cm³/mol. The fraction of sp³-hybridized carbons (Fsp3) is 0.800. The maximum absolute atomic E-state index is 11.2. The Balaban J connectivity index is 2.99. The number of rotatable bonds is 3. The third-order valence-corrected chi connectivity index (χ3v) is 0.576. The highest BCUT2D eigenvalue weighted by Gasteiger charge is 1.96. The van der Waals surface area contributed by atoms with Crippen LogP contribution in [0.3, 0.4) is 0 Å². The second-order valence-electron chi connectivity index (χ2n) is 1.35. The fourth-order valence-corrected chi connectivity index (χ4v) is 0.254. The fourth-order valence-electron chi connectivity index (χ4n) is 0.254. The summed E-state index contributed by atoms with van der Waals surface area (Å²) >= 11 is 0. The molecular weight excluding hydrogens is 111 g/mol. The van der Waals surface area contributed by atoms with Crippen molar-refractivity contribution in [3.05, 3.63) is 0 Å². The highest BCUT2D eigenvalue weighted by atomic mass is 19.1. The van der Waals surface area contributed by atoms with Crippen molar-refractivity contribution in [3.63, 3.8) is 0 Å². The molecule has 0 aliphatic heterocycles. The van der Waals surface area contributed by atoms with Crippen LogP contribution >= 0.6 is 0 Å². The van der Waals surface area contributed by atoms with Gasteiger partial charge in [-0.3, -0.25) is 0 Å². The molecule has 0 aliphatic rings. The maximum Gasteiger partial charge on any atom is 0.337 e. The quantitative estimate of drug-likeness (QED) is 0.517. The van der Waals surface area contributed by atoms with E-state index in [2.05, 4.69) is 4.74 Å². The normalized spacial score (nSPS) is 8.75. The number of hydrogen-bond donors (Lipinski definition) is 0. The van der Waals surface area contributed by atoms with E-state index in [-0.39, 0.29) is 0 Å². The van der Waals surface area contributed by atoms with E-state index in [9.17, 15) is 9.18 Å². The van der Waals surface area contributed by atoms with Gasteiger partial charge in [0.1, 0.15) is 0 Å². The van der Waals surface area contributed by atoms with Gasteiger partial charge >= 0.3 is 5.97 Å². The van der Waals surface area contributed by atoms with E-state index in [0.717, 1.165) is 6.42 Å². The summed E-state index contributed by atoms with van der Waals surface area (Å²) in [6, 6.07) is 0. The summed E-state index contributed by atoms with van der Waals surface area (Å²) in [6.07, 6.45) is 0.742. The third-order valence-electron chi connectivity index (χ3n) is 0.576. The summed E-state index contributed by atoms with van der Waals surface area (Å²) in [6.45, 7) is 1.16. The minimum Gasteiger partial charge on any atom is -0.464 e. The molecule has 0 radical (unpaired) electrons. The standard InChI is InChI=1S/C5H9FO2/c1-2-3-8-5(7)4-6/h2-4H2,1H3. The van der Waals surface area contributed by atoms with Crippen LogP contribution in [0.25, 0.3) is 0 Å². The van der Waals surface area contributed by atoms with Gasteiger partial charge in [-0.15, -0.1) is 0 Å². The van der Waals surface area contributed by atoms with Crippen molar-refractivity contribution in [3.8, 4) is 0 Å². The molecule has 0 aromatic heterocycles. The van der Waals surface area contributed by atoms with E-state index in [1.807, 2.05) is 6.92 Å². The van der Waals surface area contributed by atoms with Crippen LogP contribution in [0.5, 0.6) is 0 Å². The van der Waals surface area contributed by atoms with Gasteiger partial charge in [0, 0.05) is 0 Å². The zero-order valence-corrected chi connectivity index (χ0v) is 4.82. The van der Waals surface area contributed by atoms with Gasteiger partial charge in [-0.1, -0.05) is 6.92 Å². The first-order chi connectivity index (χ1) is 3.81. The van der Waals surface area contributed by atoms with Gasteiger partial charge in [-0.05, 0) is 6.42 Å². The van der Waals surface area contributed by atoms with E-state index in [4.69, 9.17) is 0 Å². The molecule has 0 fully saturated rings. The van der Waals surface area contributed by atoms with Crippen LogP contribution < -0.4 is 0 Å². The van der Waals surface area contributed by atoms with Crippen molar-refractivity contribution < 1.29 is 13.9 Å². The van der Waals surface area contributed by atoms with Crippen molar-refractivity contribution in [2.24, 2.45) is 0 Å². The number of esters is 1.